The van der Waals surface area contributed by atoms with Crippen molar-refractivity contribution in [1.29, 1.82) is 0 Å². The van der Waals surface area contributed by atoms with Gasteiger partial charge in [0.05, 0.1) is 6.61 Å². The first-order chi connectivity index (χ1) is 8.78. The van der Waals surface area contributed by atoms with Crippen LogP contribution in [-0.4, -0.2) is 47.4 Å². The van der Waals surface area contributed by atoms with Crippen molar-refractivity contribution in [3.05, 3.63) is 29.8 Å². The summed E-state index contributed by atoms with van der Waals surface area (Å²) in [6.07, 6.45) is 2.45. The fourth-order valence-electron chi connectivity index (χ4n) is 2.51. The van der Waals surface area contributed by atoms with Gasteiger partial charge < -0.3 is 15.5 Å². The highest BCUT2D eigenvalue weighted by atomic mass is 16.3. The normalized spacial score (nSPS) is 19.6. The Kier molecular flexibility index (Phi) is 4.99. The van der Waals surface area contributed by atoms with Crippen LogP contribution in [0.2, 0.25) is 0 Å². The molecule has 4 nitrogen and oxygen atoms in total. The van der Waals surface area contributed by atoms with Gasteiger partial charge in [0.1, 0.15) is 5.75 Å². The number of hydrogen-bond acceptors (Lipinski definition) is 4. The largest absolute Gasteiger partial charge is 0.508 e. The lowest BCUT2D eigenvalue weighted by atomic mass is 10.1. The van der Waals surface area contributed by atoms with Crippen LogP contribution in [0.5, 0.6) is 5.75 Å². The van der Waals surface area contributed by atoms with Crippen LogP contribution in [0.1, 0.15) is 18.4 Å². The van der Waals surface area contributed by atoms with E-state index in [0.29, 0.717) is 18.3 Å². The number of hydrogen-bond donors (Lipinski definition) is 3. The summed E-state index contributed by atoms with van der Waals surface area (Å²) < 4.78 is 0. The first-order valence-corrected chi connectivity index (χ1v) is 6.62. The lowest BCUT2D eigenvalue weighted by Gasteiger charge is -2.25. The molecule has 1 fully saturated rings. The van der Waals surface area contributed by atoms with Crippen LogP contribution in [0.15, 0.2) is 24.3 Å². The predicted molar refractivity (Wildman–Crippen MR) is 71.5 cm³/mol. The average molecular weight is 250 g/mol. The Morgan fingerprint density at radius 2 is 2.28 bits per heavy atom. The van der Waals surface area contributed by atoms with E-state index in [9.17, 15) is 5.11 Å². The van der Waals surface area contributed by atoms with Crippen molar-refractivity contribution in [2.24, 2.45) is 0 Å². The number of phenolic OH excluding ortho intramolecular Hbond substituents is 1. The predicted octanol–water partition coefficient (Wildman–Crippen LogP) is 0.938. The number of aromatic hydroxyl groups is 1. The zero-order valence-corrected chi connectivity index (χ0v) is 10.7. The van der Waals surface area contributed by atoms with Crippen LogP contribution in [0.4, 0.5) is 0 Å². The number of aliphatic hydroxyl groups excluding tert-OH is 1. The van der Waals surface area contributed by atoms with E-state index < -0.39 is 0 Å². The van der Waals surface area contributed by atoms with Crippen LogP contribution in [0, 0.1) is 0 Å². The van der Waals surface area contributed by atoms with E-state index in [1.807, 2.05) is 12.1 Å². The molecular weight excluding hydrogens is 228 g/mol. The molecule has 4 heteroatoms. The quantitative estimate of drug-likeness (QED) is 0.703. The van der Waals surface area contributed by atoms with Gasteiger partial charge in [-0.15, -0.1) is 0 Å². The van der Waals surface area contributed by atoms with Gasteiger partial charge in [-0.2, -0.15) is 0 Å². The van der Waals surface area contributed by atoms with E-state index in [1.54, 1.807) is 12.1 Å². The van der Waals surface area contributed by atoms with Crippen molar-refractivity contribution in [2.45, 2.75) is 25.4 Å². The highest BCUT2D eigenvalue weighted by Crippen LogP contribution is 2.14. The van der Waals surface area contributed by atoms with Gasteiger partial charge in [0.2, 0.25) is 0 Å². The summed E-state index contributed by atoms with van der Waals surface area (Å²) in [5.74, 6) is 0.301. The molecule has 1 saturated heterocycles. The molecule has 3 N–H and O–H groups in total. The molecule has 1 aromatic rings. The minimum atomic E-state index is 0.172. The molecule has 0 aliphatic carbocycles. The third-order valence-corrected chi connectivity index (χ3v) is 3.37. The molecule has 1 heterocycles. The molecule has 0 saturated carbocycles. The van der Waals surface area contributed by atoms with Crippen LogP contribution < -0.4 is 5.32 Å². The summed E-state index contributed by atoms with van der Waals surface area (Å²) in [5.41, 5.74) is 1.08. The summed E-state index contributed by atoms with van der Waals surface area (Å²) in [7, 11) is 0. The molecule has 18 heavy (non-hydrogen) atoms. The van der Waals surface area contributed by atoms with Crippen LogP contribution >= 0.6 is 0 Å². The molecule has 1 aliphatic heterocycles. The molecular formula is C14H22N2O2. The van der Waals surface area contributed by atoms with E-state index >= 15 is 0 Å². The second-order valence-electron chi connectivity index (χ2n) is 4.92. The number of phenols is 1. The molecule has 1 unspecified atom stereocenters. The highest BCUT2D eigenvalue weighted by molar-refractivity contribution is 5.27. The van der Waals surface area contributed by atoms with E-state index in [4.69, 9.17) is 5.11 Å². The Bertz CT molecular complexity index is 365. The summed E-state index contributed by atoms with van der Waals surface area (Å²) in [4.78, 5) is 2.23. The summed E-state index contributed by atoms with van der Waals surface area (Å²) in [6, 6.07) is 7.86. The maximum atomic E-state index is 9.46. The monoisotopic (exact) mass is 250 g/mol. The number of benzene rings is 1. The van der Waals surface area contributed by atoms with Crippen LogP contribution in [0.3, 0.4) is 0 Å². The van der Waals surface area contributed by atoms with Gasteiger partial charge in [-0.05, 0) is 37.1 Å². The fraction of sp³-hybridized carbons (Fsp3) is 0.571. The molecule has 1 aromatic carbocycles. The maximum Gasteiger partial charge on any atom is 0.115 e. The summed E-state index contributed by atoms with van der Waals surface area (Å²) in [5, 5.41) is 22.1. The van der Waals surface area contributed by atoms with E-state index in [1.165, 1.54) is 12.8 Å². The summed E-state index contributed by atoms with van der Waals surface area (Å²) >= 11 is 0. The highest BCUT2D eigenvalue weighted by Gasteiger charge is 2.17. The standard InChI is InChI=1S/C14H22N2O2/c17-8-7-16(11-13-4-2-6-15-13)10-12-3-1-5-14(18)9-12/h1,3,5,9,13,15,17-18H,2,4,6-8,10-11H2. The zero-order valence-electron chi connectivity index (χ0n) is 10.7. The minimum absolute atomic E-state index is 0.172. The van der Waals surface area contributed by atoms with E-state index in [0.717, 1.165) is 25.2 Å². The van der Waals surface area contributed by atoms with Crippen molar-refractivity contribution < 1.29 is 10.2 Å². The topological polar surface area (TPSA) is 55.7 Å². The van der Waals surface area contributed by atoms with Gasteiger partial charge >= 0.3 is 0 Å². The Hall–Kier alpha value is -1.10. The number of rotatable bonds is 6. The zero-order chi connectivity index (χ0) is 12.8. The third-order valence-electron chi connectivity index (χ3n) is 3.37. The molecule has 0 amide bonds. The van der Waals surface area contributed by atoms with Gasteiger partial charge in [0, 0.05) is 25.7 Å². The van der Waals surface area contributed by atoms with E-state index in [-0.39, 0.29) is 6.61 Å². The Morgan fingerprint density at radius 1 is 1.39 bits per heavy atom. The van der Waals surface area contributed by atoms with Crippen molar-refractivity contribution in [2.75, 3.05) is 26.2 Å². The number of nitrogens with zero attached hydrogens (tertiary/aromatic N) is 1. The van der Waals surface area contributed by atoms with Crippen molar-refractivity contribution in [1.82, 2.24) is 10.2 Å². The molecule has 0 aromatic heterocycles. The molecule has 1 aliphatic rings. The van der Waals surface area contributed by atoms with Crippen molar-refractivity contribution in [3.63, 3.8) is 0 Å². The van der Waals surface area contributed by atoms with E-state index in [2.05, 4.69) is 10.2 Å². The van der Waals surface area contributed by atoms with Gasteiger partial charge in [0.25, 0.3) is 0 Å². The lowest BCUT2D eigenvalue weighted by molar-refractivity contribution is 0.179. The average Bonchev–Trinajstić information content (AvgIpc) is 2.82. The Balaban J connectivity index is 1.92. The van der Waals surface area contributed by atoms with Gasteiger partial charge in [0.15, 0.2) is 0 Å². The molecule has 0 bridgehead atoms. The van der Waals surface area contributed by atoms with Gasteiger partial charge in [-0.25, -0.2) is 0 Å². The van der Waals surface area contributed by atoms with Crippen molar-refractivity contribution in [3.8, 4) is 5.75 Å². The molecule has 2 rings (SSSR count). The lowest BCUT2D eigenvalue weighted by Crippen LogP contribution is -2.38. The minimum Gasteiger partial charge on any atom is -0.508 e. The first kappa shape index (κ1) is 13.3. The Labute approximate surface area is 108 Å². The molecule has 0 radical (unpaired) electrons. The van der Waals surface area contributed by atoms with Gasteiger partial charge in [-0.3, -0.25) is 4.90 Å². The first-order valence-electron chi connectivity index (χ1n) is 6.62. The van der Waals surface area contributed by atoms with Crippen LogP contribution in [0.25, 0.3) is 0 Å². The van der Waals surface area contributed by atoms with Crippen LogP contribution in [-0.2, 0) is 6.54 Å². The maximum absolute atomic E-state index is 9.46. The number of aliphatic hydroxyl groups is 1. The Morgan fingerprint density at radius 3 is 2.94 bits per heavy atom. The number of nitrogens with one attached hydrogen (secondary N) is 1. The fourth-order valence-corrected chi connectivity index (χ4v) is 2.51. The van der Waals surface area contributed by atoms with Crippen molar-refractivity contribution >= 4 is 0 Å². The second kappa shape index (κ2) is 6.73. The molecule has 100 valence electrons. The molecule has 1 atom stereocenters. The SMILES string of the molecule is OCCN(Cc1cccc(O)c1)CC1CCCN1. The van der Waals surface area contributed by atoms with Gasteiger partial charge in [-0.1, -0.05) is 12.1 Å². The summed E-state index contributed by atoms with van der Waals surface area (Å²) in [6.45, 7) is 3.67. The second-order valence-corrected chi connectivity index (χ2v) is 4.92. The molecule has 0 spiro atoms. The third kappa shape index (κ3) is 3.98. The smallest absolute Gasteiger partial charge is 0.115 e.